The van der Waals surface area contributed by atoms with Crippen molar-refractivity contribution in [1.29, 1.82) is 0 Å². The van der Waals surface area contributed by atoms with Crippen molar-refractivity contribution in [1.82, 2.24) is 10.3 Å². The molecule has 1 aliphatic rings. The summed E-state index contributed by atoms with van der Waals surface area (Å²) in [6, 6.07) is 5.95. The number of halogens is 1. The van der Waals surface area contributed by atoms with E-state index in [9.17, 15) is 0 Å². The Balaban J connectivity index is 0.00000128. The fourth-order valence-corrected chi connectivity index (χ4v) is 1.91. The van der Waals surface area contributed by atoms with Crippen LogP contribution in [-0.2, 0) is 4.74 Å². The lowest BCUT2D eigenvalue weighted by molar-refractivity contribution is -0.0169. The molecule has 1 N–H and O–H groups in total. The highest BCUT2D eigenvalue weighted by molar-refractivity contribution is 5.85. The molecule has 3 nitrogen and oxygen atoms in total. The molecule has 0 radical (unpaired) electrons. The number of pyridine rings is 1. The lowest BCUT2D eigenvalue weighted by atomic mass is 10.1. The van der Waals surface area contributed by atoms with Gasteiger partial charge >= 0.3 is 0 Å². The first kappa shape index (κ1) is 13.4. The summed E-state index contributed by atoms with van der Waals surface area (Å²) in [6.45, 7) is 4.16. The van der Waals surface area contributed by atoms with E-state index in [2.05, 4.69) is 17.2 Å². The van der Waals surface area contributed by atoms with E-state index in [-0.39, 0.29) is 18.5 Å². The van der Waals surface area contributed by atoms with E-state index in [0.717, 1.165) is 25.2 Å². The molecule has 1 fully saturated rings. The number of aromatic nitrogens is 1. The molecule has 0 aromatic carbocycles. The Morgan fingerprint density at radius 1 is 1.50 bits per heavy atom. The second-order valence-electron chi connectivity index (χ2n) is 4.00. The lowest BCUT2D eigenvalue weighted by Crippen LogP contribution is -2.35. The first-order valence-corrected chi connectivity index (χ1v) is 5.63. The van der Waals surface area contributed by atoms with Gasteiger partial charge in [0.1, 0.15) is 0 Å². The van der Waals surface area contributed by atoms with E-state index in [0.29, 0.717) is 6.10 Å². The summed E-state index contributed by atoms with van der Waals surface area (Å²) in [7, 11) is 0. The van der Waals surface area contributed by atoms with Crippen LogP contribution in [0.4, 0.5) is 0 Å². The van der Waals surface area contributed by atoms with Gasteiger partial charge in [-0.05, 0) is 38.4 Å². The fourth-order valence-electron chi connectivity index (χ4n) is 1.91. The van der Waals surface area contributed by atoms with Gasteiger partial charge < -0.3 is 10.1 Å². The van der Waals surface area contributed by atoms with E-state index >= 15 is 0 Å². The fraction of sp³-hybridized carbons (Fsp3) is 0.583. The predicted octanol–water partition coefficient (Wildman–Crippen LogP) is 2.33. The minimum Gasteiger partial charge on any atom is -0.368 e. The van der Waals surface area contributed by atoms with Crippen molar-refractivity contribution in [3.8, 4) is 0 Å². The van der Waals surface area contributed by atoms with Crippen LogP contribution in [0, 0.1) is 0 Å². The Hall–Kier alpha value is -0.640. The Kier molecular flexibility index (Phi) is 5.74. The highest BCUT2D eigenvalue weighted by Gasteiger charge is 2.17. The predicted molar refractivity (Wildman–Crippen MR) is 66.9 cm³/mol. The molecule has 2 heterocycles. The average Bonchev–Trinajstić information content (AvgIpc) is 2.31. The second-order valence-corrected chi connectivity index (χ2v) is 4.00. The third-order valence-corrected chi connectivity index (χ3v) is 2.75. The van der Waals surface area contributed by atoms with Crippen LogP contribution < -0.4 is 5.32 Å². The highest BCUT2D eigenvalue weighted by atomic mass is 35.5. The maximum atomic E-state index is 5.95. The second kappa shape index (κ2) is 6.84. The van der Waals surface area contributed by atoms with E-state index in [4.69, 9.17) is 4.74 Å². The molecular formula is C12H19ClN2O. The topological polar surface area (TPSA) is 34.1 Å². The zero-order valence-electron chi connectivity index (χ0n) is 9.56. The molecular weight excluding hydrogens is 224 g/mol. The number of nitrogens with one attached hydrogen (secondary N) is 1. The van der Waals surface area contributed by atoms with Crippen molar-refractivity contribution in [2.75, 3.05) is 13.1 Å². The molecule has 2 atom stereocenters. The minimum absolute atomic E-state index is 0. The number of ether oxygens (including phenoxy) is 1. The van der Waals surface area contributed by atoms with Gasteiger partial charge in [0.15, 0.2) is 0 Å². The van der Waals surface area contributed by atoms with Crippen molar-refractivity contribution in [3.63, 3.8) is 0 Å². The van der Waals surface area contributed by atoms with E-state index in [1.165, 1.54) is 6.42 Å². The van der Waals surface area contributed by atoms with Crippen LogP contribution in [0.2, 0.25) is 0 Å². The Bertz CT molecular complexity index is 288. The van der Waals surface area contributed by atoms with Crippen LogP contribution >= 0.6 is 12.4 Å². The van der Waals surface area contributed by atoms with Crippen molar-refractivity contribution >= 4 is 12.4 Å². The molecule has 1 aromatic heterocycles. The van der Waals surface area contributed by atoms with Gasteiger partial charge in [-0.2, -0.15) is 0 Å². The molecule has 1 saturated heterocycles. The summed E-state index contributed by atoms with van der Waals surface area (Å²) in [4.78, 5) is 4.30. The molecule has 0 bridgehead atoms. The van der Waals surface area contributed by atoms with Crippen LogP contribution in [0.5, 0.6) is 0 Å². The molecule has 2 rings (SSSR count). The summed E-state index contributed by atoms with van der Waals surface area (Å²) < 4.78 is 5.95. The molecule has 4 heteroatoms. The maximum absolute atomic E-state index is 5.95. The summed E-state index contributed by atoms with van der Waals surface area (Å²) in [5.41, 5.74) is 1.02. The molecule has 0 amide bonds. The van der Waals surface area contributed by atoms with Gasteiger partial charge in [0.2, 0.25) is 0 Å². The third kappa shape index (κ3) is 3.74. The number of hydrogen-bond donors (Lipinski definition) is 1. The molecule has 90 valence electrons. The minimum atomic E-state index is 0. The van der Waals surface area contributed by atoms with Crippen molar-refractivity contribution in [2.45, 2.75) is 32.0 Å². The zero-order valence-corrected chi connectivity index (χ0v) is 10.4. The molecule has 16 heavy (non-hydrogen) atoms. The number of rotatable bonds is 3. The third-order valence-electron chi connectivity index (χ3n) is 2.75. The summed E-state index contributed by atoms with van der Waals surface area (Å²) in [6.07, 6.45) is 4.62. The Labute approximate surface area is 103 Å². The first-order valence-electron chi connectivity index (χ1n) is 5.63. The van der Waals surface area contributed by atoms with E-state index in [1.807, 2.05) is 24.4 Å². The molecule has 1 aliphatic heterocycles. The lowest BCUT2D eigenvalue weighted by Gasteiger charge is -2.26. The van der Waals surface area contributed by atoms with Crippen molar-refractivity contribution in [3.05, 3.63) is 30.1 Å². The normalized spacial score (nSPS) is 22.2. The van der Waals surface area contributed by atoms with Gasteiger partial charge in [0.25, 0.3) is 0 Å². The zero-order chi connectivity index (χ0) is 10.5. The number of hydrogen-bond acceptors (Lipinski definition) is 3. The molecule has 0 saturated carbocycles. The van der Waals surface area contributed by atoms with Gasteiger partial charge in [-0.15, -0.1) is 12.4 Å². The Morgan fingerprint density at radius 2 is 2.38 bits per heavy atom. The first-order chi connectivity index (χ1) is 7.36. The monoisotopic (exact) mass is 242 g/mol. The van der Waals surface area contributed by atoms with Crippen LogP contribution in [0.3, 0.4) is 0 Å². The van der Waals surface area contributed by atoms with Crippen molar-refractivity contribution < 1.29 is 4.74 Å². The standard InChI is InChI=1S/C12H18N2O.ClH/c1-10(12-6-2-3-8-14-12)15-11-5-4-7-13-9-11;/h2-3,6,8,10-11,13H,4-5,7,9H2,1H3;1H/t10?,11-;/m1./s1. The summed E-state index contributed by atoms with van der Waals surface area (Å²) in [5, 5.41) is 3.35. The Morgan fingerprint density at radius 3 is 3.00 bits per heavy atom. The number of piperidine rings is 1. The molecule has 1 aromatic rings. The largest absolute Gasteiger partial charge is 0.368 e. The van der Waals surface area contributed by atoms with Crippen LogP contribution in [-0.4, -0.2) is 24.2 Å². The quantitative estimate of drug-likeness (QED) is 0.884. The van der Waals surface area contributed by atoms with E-state index in [1.54, 1.807) is 0 Å². The van der Waals surface area contributed by atoms with Crippen molar-refractivity contribution in [2.24, 2.45) is 0 Å². The smallest absolute Gasteiger partial charge is 0.0970 e. The van der Waals surface area contributed by atoms with Crippen LogP contribution in [0.1, 0.15) is 31.6 Å². The summed E-state index contributed by atoms with van der Waals surface area (Å²) >= 11 is 0. The number of nitrogens with zero attached hydrogens (tertiary/aromatic N) is 1. The van der Waals surface area contributed by atoms with E-state index < -0.39 is 0 Å². The highest BCUT2D eigenvalue weighted by Crippen LogP contribution is 2.18. The molecule has 0 spiro atoms. The SMILES string of the molecule is CC(O[C@@H]1CCCNC1)c1ccccn1.Cl. The van der Waals surface area contributed by atoms with Gasteiger partial charge in [-0.1, -0.05) is 6.07 Å². The molecule has 0 aliphatic carbocycles. The maximum Gasteiger partial charge on any atom is 0.0970 e. The van der Waals surface area contributed by atoms with Gasteiger partial charge in [-0.25, -0.2) is 0 Å². The van der Waals surface area contributed by atoms with Crippen LogP contribution in [0.25, 0.3) is 0 Å². The summed E-state index contributed by atoms with van der Waals surface area (Å²) in [5.74, 6) is 0. The molecule has 1 unspecified atom stereocenters. The van der Waals surface area contributed by atoms with Gasteiger partial charge in [0, 0.05) is 12.7 Å². The van der Waals surface area contributed by atoms with Crippen LogP contribution in [0.15, 0.2) is 24.4 Å². The van der Waals surface area contributed by atoms with Gasteiger partial charge in [0.05, 0.1) is 17.9 Å². The average molecular weight is 243 g/mol. The van der Waals surface area contributed by atoms with Gasteiger partial charge in [-0.3, -0.25) is 4.98 Å².